The Morgan fingerprint density at radius 3 is 1.68 bits per heavy atom. The van der Waals surface area contributed by atoms with Crippen molar-refractivity contribution in [1.82, 2.24) is 0 Å². The zero-order valence-corrected chi connectivity index (χ0v) is 29.8. The van der Waals surface area contributed by atoms with Crippen molar-refractivity contribution in [3.63, 3.8) is 0 Å². The minimum Gasteiger partial charge on any atom is -0.465 e. The zero-order chi connectivity index (χ0) is 34.5. The second-order valence-corrected chi connectivity index (χ2v) is 18.7. The van der Waals surface area contributed by atoms with E-state index >= 15 is 0 Å². The third-order valence-electron chi connectivity index (χ3n) is 11.4. The number of unbranched alkanes of at least 4 members (excludes halogenated alkanes) is 1. The Balaban J connectivity index is 0.000000185. The number of hydrogen-bond acceptors (Lipinski definition) is 13. The van der Waals surface area contributed by atoms with Gasteiger partial charge in [0, 0.05) is 24.4 Å². The number of esters is 3. The van der Waals surface area contributed by atoms with E-state index < -0.39 is 67.1 Å². The maximum atomic E-state index is 11.9. The summed E-state index contributed by atoms with van der Waals surface area (Å²) in [5.41, 5.74) is -1.08. The molecule has 4 aliphatic carbocycles. The molecule has 2 aliphatic heterocycles. The molecular weight excluding hydrogens is 656 g/mol. The first kappa shape index (κ1) is 36.5. The first-order chi connectivity index (χ1) is 21.9. The van der Waals surface area contributed by atoms with Gasteiger partial charge in [-0.1, -0.05) is 13.8 Å². The van der Waals surface area contributed by atoms with Crippen molar-refractivity contribution < 1.29 is 58.5 Å². The largest absolute Gasteiger partial charge is 0.465 e. The van der Waals surface area contributed by atoms with Crippen LogP contribution in [0.15, 0.2) is 0 Å². The molecule has 13 nitrogen and oxygen atoms in total. The SMILES string of the molecule is CCC(C)(C)C(=O)OCC(=O)OC1C2CC3C1OS(=O)(=O)C3C2.CCC(C)(C)C(=O)OCCCCOC1C2CC3C1OS(=O)(=O)C3C2. The number of rotatable bonds is 13. The van der Waals surface area contributed by atoms with E-state index in [4.69, 9.17) is 27.3 Å². The summed E-state index contributed by atoms with van der Waals surface area (Å²) in [6.07, 6.45) is 4.16. The van der Waals surface area contributed by atoms with Crippen molar-refractivity contribution >= 4 is 38.1 Å². The highest BCUT2D eigenvalue weighted by molar-refractivity contribution is 7.87. The fraction of sp³-hybridized carbons (Fsp3) is 0.906. The van der Waals surface area contributed by atoms with Crippen LogP contribution in [0.2, 0.25) is 0 Å². The van der Waals surface area contributed by atoms with Crippen molar-refractivity contribution in [3.8, 4) is 0 Å². The van der Waals surface area contributed by atoms with Gasteiger partial charge in [-0.3, -0.25) is 18.0 Å². The van der Waals surface area contributed by atoms with E-state index in [1.165, 1.54) is 0 Å². The van der Waals surface area contributed by atoms with E-state index in [9.17, 15) is 31.2 Å². The van der Waals surface area contributed by atoms with Crippen molar-refractivity contribution in [2.75, 3.05) is 19.8 Å². The molecule has 0 radical (unpaired) electrons. The molecule has 0 spiro atoms. The zero-order valence-electron chi connectivity index (χ0n) is 28.2. The predicted octanol–water partition coefficient (Wildman–Crippen LogP) is 3.28. The molecule has 6 aliphatic rings. The number of hydrogen-bond donors (Lipinski definition) is 0. The summed E-state index contributed by atoms with van der Waals surface area (Å²) in [4.78, 5) is 35.6. The Hall–Kier alpha value is -1.81. The first-order valence-corrected chi connectivity index (χ1v) is 19.9. The summed E-state index contributed by atoms with van der Waals surface area (Å²) >= 11 is 0. The van der Waals surface area contributed by atoms with E-state index in [1.807, 2.05) is 27.7 Å². The molecule has 15 heteroatoms. The average Bonchev–Trinajstić information content (AvgIpc) is 3.82. The van der Waals surface area contributed by atoms with Crippen LogP contribution in [0.4, 0.5) is 0 Å². The van der Waals surface area contributed by atoms with Crippen molar-refractivity contribution in [3.05, 3.63) is 0 Å². The lowest BCUT2D eigenvalue weighted by Gasteiger charge is -2.25. The standard InChI is InChI=1S/C17H28O6S.C15H22O7S/c1-4-17(2,3)16(18)22-8-6-5-7-21-14-11-9-12-13(10-11)24(19,20)23-15(12)14;1-4-15(2,3)14(17)20-7-11(16)21-12-8-5-9-10(6-8)23(18,19)22-13(9)12/h11-15H,4-10H2,1-3H3;8-10,12-13H,4-7H2,1-3H3. The van der Waals surface area contributed by atoms with E-state index in [1.54, 1.807) is 13.8 Å². The molecule has 10 unspecified atom stereocenters. The summed E-state index contributed by atoms with van der Waals surface area (Å²) in [5.74, 6) is -0.900. The minimum absolute atomic E-state index is 0.0130. The Labute approximate surface area is 278 Å². The van der Waals surface area contributed by atoms with Gasteiger partial charge in [-0.25, -0.2) is 4.79 Å². The van der Waals surface area contributed by atoms with E-state index in [0.29, 0.717) is 44.8 Å². The van der Waals surface area contributed by atoms with Gasteiger partial charge in [-0.05, 0) is 85.0 Å². The number of carbonyl (C=O) groups excluding carboxylic acids is 3. The molecule has 0 amide bonds. The molecular formula is C32H50O13S2. The summed E-state index contributed by atoms with van der Waals surface area (Å²) < 4.78 is 79.4. The Morgan fingerprint density at radius 1 is 0.681 bits per heavy atom. The molecule has 2 heterocycles. The number of carbonyl (C=O) groups is 3. The normalized spacial score (nSPS) is 36.6. The summed E-state index contributed by atoms with van der Waals surface area (Å²) in [5, 5.41) is -0.746. The van der Waals surface area contributed by atoms with Gasteiger partial charge < -0.3 is 18.9 Å². The van der Waals surface area contributed by atoms with Gasteiger partial charge in [0.25, 0.3) is 20.2 Å². The van der Waals surface area contributed by atoms with Crippen LogP contribution in [-0.4, -0.2) is 89.5 Å². The van der Waals surface area contributed by atoms with Crippen LogP contribution < -0.4 is 0 Å². The van der Waals surface area contributed by atoms with Gasteiger partial charge in [0.15, 0.2) is 6.61 Å². The van der Waals surface area contributed by atoms with Crippen LogP contribution in [0.1, 0.15) is 92.9 Å². The third kappa shape index (κ3) is 7.25. The van der Waals surface area contributed by atoms with Crippen LogP contribution in [0, 0.1) is 34.5 Å². The maximum absolute atomic E-state index is 11.9. The van der Waals surface area contributed by atoms with Crippen LogP contribution >= 0.6 is 0 Å². The molecule has 6 fully saturated rings. The second-order valence-electron chi connectivity index (χ2n) is 15.2. The molecule has 2 saturated heterocycles. The lowest BCUT2D eigenvalue weighted by Crippen LogP contribution is -2.38. The van der Waals surface area contributed by atoms with Crippen LogP contribution in [0.25, 0.3) is 0 Å². The first-order valence-electron chi connectivity index (χ1n) is 16.9. The quantitative estimate of drug-likeness (QED) is 0.118. The smallest absolute Gasteiger partial charge is 0.344 e. The average molecular weight is 707 g/mol. The van der Waals surface area contributed by atoms with Crippen molar-refractivity contribution in [2.45, 2.75) is 128 Å². The Bertz CT molecular complexity index is 1420. The topological polar surface area (TPSA) is 175 Å². The molecule has 0 aromatic heterocycles. The van der Waals surface area contributed by atoms with Gasteiger partial charge in [0.05, 0.1) is 34.0 Å². The summed E-state index contributed by atoms with van der Waals surface area (Å²) in [7, 11) is -6.89. The monoisotopic (exact) mass is 706 g/mol. The lowest BCUT2D eigenvalue weighted by atomic mass is 9.91. The lowest BCUT2D eigenvalue weighted by molar-refractivity contribution is -0.171. The minimum atomic E-state index is -3.53. The third-order valence-corrected chi connectivity index (χ3v) is 14.9. The van der Waals surface area contributed by atoms with Gasteiger partial charge in [-0.2, -0.15) is 16.8 Å². The van der Waals surface area contributed by atoms with Crippen LogP contribution in [-0.2, 0) is 61.9 Å². The molecule has 268 valence electrons. The van der Waals surface area contributed by atoms with Gasteiger partial charge in [0.1, 0.15) is 18.3 Å². The number of ether oxygens (including phenoxy) is 4. The molecule has 4 bridgehead atoms. The summed E-state index contributed by atoms with van der Waals surface area (Å²) in [6, 6.07) is 0. The highest BCUT2D eigenvalue weighted by Crippen LogP contribution is 2.56. The van der Waals surface area contributed by atoms with E-state index in [2.05, 4.69) is 0 Å². The number of fused-ring (bicyclic) bond motifs is 2. The van der Waals surface area contributed by atoms with Crippen molar-refractivity contribution in [1.29, 1.82) is 0 Å². The highest BCUT2D eigenvalue weighted by Gasteiger charge is 2.66. The van der Waals surface area contributed by atoms with Crippen LogP contribution in [0.3, 0.4) is 0 Å². The fourth-order valence-corrected chi connectivity index (χ4v) is 11.5. The van der Waals surface area contributed by atoms with Crippen LogP contribution in [0.5, 0.6) is 0 Å². The van der Waals surface area contributed by atoms with E-state index in [-0.39, 0.29) is 41.2 Å². The molecule has 0 aromatic rings. The molecule has 0 N–H and O–H groups in total. The molecule has 47 heavy (non-hydrogen) atoms. The van der Waals surface area contributed by atoms with E-state index in [0.717, 1.165) is 25.7 Å². The van der Waals surface area contributed by atoms with Gasteiger partial charge in [-0.15, -0.1) is 0 Å². The van der Waals surface area contributed by atoms with Gasteiger partial charge in [0.2, 0.25) is 0 Å². The molecule has 6 rings (SSSR count). The van der Waals surface area contributed by atoms with Gasteiger partial charge >= 0.3 is 17.9 Å². The highest BCUT2D eigenvalue weighted by atomic mass is 32.2. The Morgan fingerprint density at radius 2 is 1.15 bits per heavy atom. The second kappa shape index (κ2) is 13.5. The molecule has 0 aromatic carbocycles. The molecule has 4 saturated carbocycles. The molecule has 10 atom stereocenters. The Kier molecular flexibility index (Phi) is 10.5. The fourth-order valence-electron chi connectivity index (χ4n) is 7.73. The van der Waals surface area contributed by atoms with Crippen molar-refractivity contribution in [2.24, 2.45) is 34.5 Å². The summed E-state index contributed by atoms with van der Waals surface area (Å²) in [6.45, 7) is 11.6. The maximum Gasteiger partial charge on any atom is 0.344 e. The predicted molar refractivity (Wildman–Crippen MR) is 167 cm³/mol.